The molecule has 1 aliphatic rings. The first-order valence-corrected chi connectivity index (χ1v) is 7.24. The summed E-state index contributed by atoms with van der Waals surface area (Å²) in [6.07, 6.45) is 6.09. The Morgan fingerprint density at radius 1 is 1.24 bits per heavy atom. The second-order valence-corrected chi connectivity index (χ2v) is 5.73. The van der Waals surface area contributed by atoms with E-state index >= 15 is 0 Å². The predicted octanol–water partition coefficient (Wildman–Crippen LogP) is 2.64. The molecular formula is C16H17N5. The molecule has 4 rings (SSSR count). The van der Waals surface area contributed by atoms with E-state index in [1.807, 2.05) is 37.5 Å². The van der Waals surface area contributed by atoms with Crippen LogP contribution in [0.25, 0.3) is 11.0 Å². The largest absolute Gasteiger partial charge is 0.399 e. The van der Waals surface area contributed by atoms with Gasteiger partial charge in [-0.1, -0.05) is 0 Å². The fraction of sp³-hybridized carbons (Fsp3) is 0.312. The van der Waals surface area contributed by atoms with Crippen molar-refractivity contribution in [1.82, 2.24) is 19.5 Å². The van der Waals surface area contributed by atoms with Crippen molar-refractivity contribution in [3.63, 3.8) is 0 Å². The van der Waals surface area contributed by atoms with E-state index in [0.717, 1.165) is 33.9 Å². The molecule has 2 heterocycles. The number of aryl methyl sites for hydroxylation is 1. The molecule has 106 valence electrons. The smallest absolute Gasteiger partial charge is 0.113 e. The number of nitrogens with zero attached hydrogens (tertiary/aromatic N) is 4. The molecule has 5 heteroatoms. The Morgan fingerprint density at radius 2 is 2.10 bits per heavy atom. The van der Waals surface area contributed by atoms with Crippen molar-refractivity contribution in [3.05, 3.63) is 47.8 Å². The van der Waals surface area contributed by atoms with Crippen LogP contribution in [0.1, 0.15) is 36.0 Å². The molecule has 0 aliphatic heterocycles. The highest BCUT2D eigenvalue weighted by atomic mass is 15.1. The van der Waals surface area contributed by atoms with Gasteiger partial charge in [-0.15, -0.1) is 0 Å². The van der Waals surface area contributed by atoms with Gasteiger partial charge in [-0.2, -0.15) is 0 Å². The maximum absolute atomic E-state index is 5.87. The number of aromatic nitrogens is 4. The van der Waals surface area contributed by atoms with Crippen molar-refractivity contribution < 1.29 is 0 Å². The molecule has 1 aromatic carbocycles. The molecule has 21 heavy (non-hydrogen) atoms. The highest BCUT2D eigenvalue weighted by Gasteiger charge is 2.29. The van der Waals surface area contributed by atoms with E-state index in [-0.39, 0.29) is 0 Å². The summed E-state index contributed by atoms with van der Waals surface area (Å²) in [4.78, 5) is 13.6. The van der Waals surface area contributed by atoms with Crippen molar-refractivity contribution >= 4 is 16.7 Å². The third kappa shape index (κ3) is 2.24. The standard InChI is InChI=1S/C16H17N5/c1-10-7-19-13(8-18-10)9-21-15-5-4-12(17)6-14(15)20-16(21)11-2-3-11/h4-8,11H,2-3,9,17H2,1H3. The van der Waals surface area contributed by atoms with E-state index < -0.39 is 0 Å². The van der Waals surface area contributed by atoms with Gasteiger partial charge in [0.2, 0.25) is 0 Å². The van der Waals surface area contributed by atoms with Crippen LogP contribution in [0.15, 0.2) is 30.6 Å². The first-order chi connectivity index (χ1) is 10.2. The van der Waals surface area contributed by atoms with Crippen LogP contribution >= 0.6 is 0 Å². The van der Waals surface area contributed by atoms with Gasteiger partial charge in [0.15, 0.2) is 0 Å². The Bertz CT molecular complexity index is 799. The molecule has 3 aromatic rings. The number of nitrogen functional groups attached to an aromatic ring is 1. The summed E-state index contributed by atoms with van der Waals surface area (Å²) in [6, 6.07) is 5.92. The molecule has 1 fully saturated rings. The molecule has 0 unspecified atom stereocenters. The third-order valence-electron chi connectivity index (χ3n) is 3.90. The summed E-state index contributed by atoms with van der Waals surface area (Å²) in [5.41, 5.74) is 10.6. The van der Waals surface area contributed by atoms with Gasteiger partial charge >= 0.3 is 0 Å². The van der Waals surface area contributed by atoms with Crippen molar-refractivity contribution in [3.8, 4) is 0 Å². The summed E-state index contributed by atoms with van der Waals surface area (Å²) in [7, 11) is 0. The van der Waals surface area contributed by atoms with Gasteiger partial charge in [0.05, 0.1) is 35.2 Å². The van der Waals surface area contributed by atoms with Crippen molar-refractivity contribution in [2.24, 2.45) is 0 Å². The Morgan fingerprint density at radius 3 is 2.81 bits per heavy atom. The molecule has 1 aliphatic carbocycles. The summed E-state index contributed by atoms with van der Waals surface area (Å²) < 4.78 is 2.26. The summed E-state index contributed by atoms with van der Waals surface area (Å²) in [5, 5.41) is 0. The summed E-state index contributed by atoms with van der Waals surface area (Å²) in [6.45, 7) is 2.65. The Kier molecular flexibility index (Phi) is 2.67. The number of imidazole rings is 1. The average Bonchev–Trinajstić information content (AvgIpc) is 3.25. The van der Waals surface area contributed by atoms with E-state index in [2.05, 4.69) is 14.5 Å². The zero-order chi connectivity index (χ0) is 14.4. The summed E-state index contributed by atoms with van der Waals surface area (Å²) >= 11 is 0. The normalized spacial score (nSPS) is 14.7. The maximum Gasteiger partial charge on any atom is 0.113 e. The van der Waals surface area contributed by atoms with E-state index in [4.69, 9.17) is 10.7 Å². The van der Waals surface area contributed by atoms with Gasteiger partial charge in [-0.3, -0.25) is 9.97 Å². The number of anilines is 1. The quantitative estimate of drug-likeness (QED) is 0.748. The highest BCUT2D eigenvalue weighted by molar-refractivity contribution is 5.80. The van der Waals surface area contributed by atoms with Crippen molar-refractivity contribution in [2.75, 3.05) is 5.73 Å². The minimum atomic E-state index is 0.581. The lowest BCUT2D eigenvalue weighted by molar-refractivity contribution is 0.726. The van der Waals surface area contributed by atoms with Crippen molar-refractivity contribution in [2.45, 2.75) is 32.2 Å². The van der Waals surface area contributed by atoms with Gasteiger partial charge in [-0.25, -0.2) is 4.98 Å². The SMILES string of the molecule is Cc1cnc(Cn2c(C3CC3)nc3cc(N)ccc32)cn1. The lowest BCUT2D eigenvalue weighted by Gasteiger charge is -2.08. The molecule has 0 atom stereocenters. The van der Waals surface area contributed by atoms with Crippen LogP contribution in [0, 0.1) is 6.92 Å². The van der Waals surface area contributed by atoms with Crippen molar-refractivity contribution in [1.29, 1.82) is 0 Å². The minimum absolute atomic E-state index is 0.581. The van der Waals surface area contributed by atoms with Crippen LogP contribution in [-0.2, 0) is 6.54 Å². The van der Waals surface area contributed by atoms with Crippen LogP contribution in [0.3, 0.4) is 0 Å². The molecule has 2 N–H and O–H groups in total. The molecule has 0 radical (unpaired) electrons. The Balaban J connectivity index is 1.81. The molecule has 0 amide bonds. The van der Waals surface area contributed by atoms with Gasteiger partial charge in [0.1, 0.15) is 5.82 Å². The number of benzene rings is 1. The number of fused-ring (bicyclic) bond motifs is 1. The number of hydrogen-bond acceptors (Lipinski definition) is 4. The Labute approximate surface area is 122 Å². The van der Waals surface area contributed by atoms with Gasteiger partial charge in [0, 0.05) is 17.8 Å². The molecule has 5 nitrogen and oxygen atoms in total. The Hall–Kier alpha value is -2.43. The number of hydrogen-bond donors (Lipinski definition) is 1. The van der Waals surface area contributed by atoms with E-state index in [9.17, 15) is 0 Å². The molecule has 2 aromatic heterocycles. The van der Waals surface area contributed by atoms with Gasteiger partial charge in [-0.05, 0) is 38.0 Å². The molecule has 0 spiro atoms. The zero-order valence-corrected chi connectivity index (χ0v) is 12.0. The molecule has 0 bridgehead atoms. The van der Waals surface area contributed by atoms with Crippen LogP contribution < -0.4 is 5.73 Å². The molecule has 1 saturated carbocycles. The fourth-order valence-electron chi connectivity index (χ4n) is 2.65. The highest BCUT2D eigenvalue weighted by Crippen LogP contribution is 2.41. The van der Waals surface area contributed by atoms with Crippen LogP contribution in [0.4, 0.5) is 5.69 Å². The average molecular weight is 279 g/mol. The summed E-state index contributed by atoms with van der Waals surface area (Å²) in [5.74, 6) is 1.73. The molecule has 0 saturated heterocycles. The predicted molar refractivity (Wildman–Crippen MR) is 82.0 cm³/mol. The lowest BCUT2D eigenvalue weighted by atomic mass is 10.3. The van der Waals surface area contributed by atoms with E-state index in [1.54, 1.807) is 0 Å². The third-order valence-corrected chi connectivity index (χ3v) is 3.90. The number of rotatable bonds is 3. The lowest BCUT2D eigenvalue weighted by Crippen LogP contribution is -2.06. The first-order valence-electron chi connectivity index (χ1n) is 7.24. The zero-order valence-electron chi connectivity index (χ0n) is 12.0. The monoisotopic (exact) mass is 279 g/mol. The second-order valence-electron chi connectivity index (χ2n) is 5.73. The molecular weight excluding hydrogens is 262 g/mol. The second kappa shape index (κ2) is 4.55. The number of nitrogens with two attached hydrogens (primary N) is 1. The van der Waals surface area contributed by atoms with Crippen LogP contribution in [0.5, 0.6) is 0 Å². The van der Waals surface area contributed by atoms with Crippen LogP contribution in [-0.4, -0.2) is 19.5 Å². The van der Waals surface area contributed by atoms with E-state index in [1.165, 1.54) is 12.8 Å². The minimum Gasteiger partial charge on any atom is -0.399 e. The van der Waals surface area contributed by atoms with Gasteiger partial charge < -0.3 is 10.3 Å². The fourth-order valence-corrected chi connectivity index (χ4v) is 2.65. The van der Waals surface area contributed by atoms with Crippen LogP contribution in [0.2, 0.25) is 0 Å². The topological polar surface area (TPSA) is 69.6 Å². The first kappa shape index (κ1) is 12.3. The van der Waals surface area contributed by atoms with Gasteiger partial charge in [0.25, 0.3) is 0 Å². The maximum atomic E-state index is 5.87. The van der Waals surface area contributed by atoms with E-state index in [0.29, 0.717) is 12.5 Å².